The van der Waals surface area contributed by atoms with Gasteiger partial charge in [-0.15, -0.1) is 0 Å². The van der Waals surface area contributed by atoms with Crippen molar-refractivity contribution in [3.63, 3.8) is 0 Å². The highest BCUT2D eigenvalue weighted by Gasteiger charge is 2.46. The zero-order valence-electron chi connectivity index (χ0n) is 24.1. The number of hydrogen-bond donors (Lipinski definition) is 1. The molecule has 6 rings (SSSR count). The third-order valence-corrected chi connectivity index (χ3v) is 8.83. The Hall–Kier alpha value is -4.11. The first kappa shape index (κ1) is 28.0. The van der Waals surface area contributed by atoms with E-state index in [1.54, 1.807) is 26.4 Å². The molecule has 3 aliphatic rings. The fourth-order valence-electron chi connectivity index (χ4n) is 6.64. The van der Waals surface area contributed by atoms with Gasteiger partial charge in [0.25, 0.3) is 5.91 Å². The van der Waals surface area contributed by atoms with E-state index in [1.807, 2.05) is 35.2 Å². The Morgan fingerprint density at radius 1 is 0.929 bits per heavy atom. The summed E-state index contributed by atoms with van der Waals surface area (Å²) >= 11 is 0. The smallest absolute Gasteiger partial charge is 0.254 e. The second-order valence-electron chi connectivity index (χ2n) is 11.1. The molecule has 3 aliphatic heterocycles. The van der Waals surface area contributed by atoms with Crippen LogP contribution in [0, 0.1) is 5.82 Å². The molecule has 0 aliphatic carbocycles. The quantitative estimate of drug-likeness (QED) is 0.412. The summed E-state index contributed by atoms with van der Waals surface area (Å²) in [5, 5.41) is 3.20. The van der Waals surface area contributed by atoms with Gasteiger partial charge in [-0.1, -0.05) is 24.3 Å². The number of amides is 2. The number of benzene rings is 3. The summed E-state index contributed by atoms with van der Waals surface area (Å²) in [5.41, 5.74) is 4.40. The zero-order valence-corrected chi connectivity index (χ0v) is 24.1. The molecule has 0 aromatic heterocycles. The summed E-state index contributed by atoms with van der Waals surface area (Å²) in [7, 11) is 3.11. The summed E-state index contributed by atoms with van der Waals surface area (Å²) in [4.78, 5) is 34.2. The highest BCUT2D eigenvalue weighted by molar-refractivity contribution is 6.02. The molecule has 3 aromatic rings. The van der Waals surface area contributed by atoms with Gasteiger partial charge < -0.3 is 24.6 Å². The minimum absolute atomic E-state index is 0.0886. The number of halogens is 1. The lowest BCUT2D eigenvalue weighted by Crippen LogP contribution is -2.50. The Balaban J connectivity index is 1.15. The van der Waals surface area contributed by atoms with Gasteiger partial charge >= 0.3 is 0 Å². The molecule has 42 heavy (non-hydrogen) atoms. The van der Waals surface area contributed by atoms with Gasteiger partial charge in [0, 0.05) is 50.5 Å². The fourth-order valence-corrected chi connectivity index (χ4v) is 6.64. The van der Waals surface area contributed by atoms with E-state index in [0.29, 0.717) is 35.7 Å². The van der Waals surface area contributed by atoms with Crippen LogP contribution in [0.1, 0.15) is 45.4 Å². The van der Waals surface area contributed by atoms with E-state index in [-0.39, 0.29) is 23.7 Å². The monoisotopic (exact) mass is 572 g/mol. The van der Waals surface area contributed by atoms with Gasteiger partial charge in [-0.2, -0.15) is 0 Å². The second kappa shape index (κ2) is 12.0. The first-order valence-electron chi connectivity index (χ1n) is 14.6. The molecule has 0 saturated carbocycles. The van der Waals surface area contributed by atoms with Gasteiger partial charge in [0.1, 0.15) is 5.82 Å². The van der Waals surface area contributed by atoms with Crippen molar-refractivity contribution in [2.45, 2.75) is 24.8 Å². The van der Waals surface area contributed by atoms with Crippen LogP contribution in [0.4, 0.5) is 10.1 Å². The maximum atomic E-state index is 14.0. The minimum Gasteiger partial charge on any atom is -0.493 e. The fraction of sp³-hybridized carbons (Fsp3) is 0.394. The topological polar surface area (TPSA) is 74.4 Å². The predicted octanol–water partition coefficient (Wildman–Crippen LogP) is 4.01. The van der Waals surface area contributed by atoms with E-state index in [0.717, 1.165) is 56.8 Å². The van der Waals surface area contributed by atoms with E-state index >= 15 is 0 Å². The first-order chi connectivity index (χ1) is 20.5. The average Bonchev–Trinajstić information content (AvgIpc) is 3.03. The highest BCUT2D eigenvalue weighted by Crippen LogP contribution is 2.48. The van der Waals surface area contributed by atoms with Crippen molar-refractivity contribution in [3.05, 3.63) is 88.7 Å². The number of hydrogen-bond acceptors (Lipinski definition) is 6. The predicted molar refractivity (Wildman–Crippen MR) is 159 cm³/mol. The molecule has 3 aromatic carbocycles. The summed E-state index contributed by atoms with van der Waals surface area (Å²) in [5.74, 6) is -0.00312. The zero-order chi connectivity index (χ0) is 29.2. The number of carbonyl (C=O) groups excluding carboxylic acids is 2. The van der Waals surface area contributed by atoms with Gasteiger partial charge in [-0.25, -0.2) is 4.39 Å². The maximum absolute atomic E-state index is 14.0. The van der Waals surface area contributed by atoms with Crippen LogP contribution in [0.5, 0.6) is 11.5 Å². The second-order valence-corrected chi connectivity index (χ2v) is 11.1. The van der Waals surface area contributed by atoms with E-state index in [2.05, 4.69) is 21.2 Å². The van der Waals surface area contributed by atoms with Crippen LogP contribution in [0.2, 0.25) is 0 Å². The summed E-state index contributed by atoms with van der Waals surface area (Å²) < 4.78 is 24.3. The summed E-state index contributed by atoms with van der Waals surface area (Å²) in [6.45, 7) is 5.57. The standard InChI is InChI=1S/C33H37FN4O4/c1-41-28-20-26-27(21-29(28)42-2)33(40)38-15-12-22-6-3-4-7-25(22)31(38)30(26)32(39)35-13-5-14-36-16-18-37(19-17-36)24-10-8-23(34)9-11-24/h3-4,6-11,20-21,30-31H,5,12-19H2,1-2H3,(H,35,39)/t30-,31-/m0/s1. The van der Waals surface area contributed by atoms with Crippen LogP contribution in [0.15, 0.2) is 60.7 Å². The van der Waals surface area contributed by atoms with Crippen LogP contribution < -0.4 is 19.7 Å². The van der Waals surface area contributed by atoms with Crippen molar-refractivity contribution < 1.29 is 23.5 Å². The van der Waals surface area contributed by atoms with Gasteiger partial charge in [-0.05, 0) is 72.5 Å². The van der Waals surface area contributed by atoms with E-state index in [4.69, 9.17) is 9.47 Å². The molecule has 1 N–H and O–H groups in total. The number of piperazine rings is 1. The number of rotatable bonds is 8. The van der Waals surface area contributed by atoms with Crippen molar-refractivity contribution >= 4 is 17.5 Å². The van der Waals surface area contributed by atoms with Gasteiger partial charge in [0.2, 0.25) is 5.91 Å². The molecule has 9 heteroatoms. The lowest BCUT2D eigenvalue weighted by Gasteiger charge is -2.45. The molecule has 1 fully saturated rings. The molecular formula is C33H37FN4O4. The molecule has 2 atom stereocenters. The number of ether oxygens (including phenoxy) is 2. The normalized spacial score (nSPS) is 19.9. The molecule has 0 bridgehead atoms. The summed E-state index contributed by atoms with van der Waals surface area (Å²) in [6.07, 6.45) is 1.57. The van der Waals surface area contributed by atoms with Crippen molar-refractivity contribution in [2.24, 2.45) is 0 Å². The van der Waals surface area contributed by atoms with Crippen LogP contribution in [-0.4, -0.2) is 81.6 Å². The first-order valence-corrected chi connectivity index (χ1v) is 14.6. The molecule has 3 heterocycles. The Kier molecular flexibility index (Phi) is 8.02. The van der Waals surface area contributed by atoms with Crippen LogP contribution in [0.25, 0.3) is 0 Å². The number of carbonyl (C=O) groups is 2. The van der Waals surface area contributed by atoms with Crippen LogP contribution >= 0.6 is 0 Å². The number of methoxy groups -OCH3 is 2. The molecule has 220 valence electrons. The average molecular weight is 573 g/mol. The van der Waals surface area contributed by atoms with E-state index in [1.165, 1.54) is 17.7 Å². The van der Waals surface area contributed by atoms with Gasteiger partial charge in [0.05, 0.1) is 26.2 Å². The van der Waals surface area contributed by atoms with Crippen molar-refractivity contribution in [1.29, 1.82) is 0 Å². The Morgan fingerprint density at radius 3 is 2.38 bits per heavy atom. The highest BCUT2D eigenvalue weighted by atomic mass is 19.1. The third-order valence-electron chi connectivity index (χ3n) is 8.83. The molecule has 2 amide bonds. The molecule has 1 saturated heterocycles. The number of fused-ring (bicyclic) bond motifs is 4. The van der Waals surface area contributed by atoms with E-state index < -0.39 is 5.92 Å². The van der Waals surface area contributed by atoms with Crippen LogP contribution in [-0.2, 0) is 11.2 Å². The third kappa shape index (κ3) is 5.29. The minimum atomic E-state index is -0.571. The Morgan fingerprint density at radius 2 is 1.64 bits per heavy atom. The number of nitrogens with zero attached hydrogens (tertiary/aromatic N) is 3. The molecule has 0 radical (unpaired) electrons. The van der Waals surface area contributed by atoms with Gasteiger partial charge in [0.15, 0.2) is 11.5 Å². The molecule has 0 unspecified atom stereocenters. The van der Waals surface area contributed by atoms with Crippen molar-refractivity contribution in [3.8, 4) is 11.5 Å². The van der Waals surface area contributed by atoms with E-state index in [9.17, 15) is 14.0 Å². The largest absolute Gasteiger partial charge is 0.493 e. The Labute approximate surface area is 246 Å². The maximum Gasteiger partial charge on any atom is 0.254 e. The number of anilines is 1. The van der Waals surface area contributed by atoms with Crippen LogP contribution in [0.3, 0.4) is 0 Å². The molecular weight excluding hydrogens is 535 g/mol. The SMILES string of the molecule is COc1cc2c(cc1OC)[C@H](C(=O)NCCCN1CCN(c3ccc(F)cc3)CC1)[C@@H]1c3ccccc3CCN1C2=O. The Bertz CT molecular complexity index is 1450. The lowest BCUT2D eigenvalue weighted by atomic mass is 9.75. The molecule has 8 nitrogen and oxygen atoms in total. The molecule has 0 spiro atoms. The lowest BCUT2D eigenvalue weighted by molar-refractivity contribution is -0.124. The summed E-state index contributed by atoms with van der Waals surface area (Å²) in [6, 6.07) is 17.9. The van der Waals surface area contributed by atoms with Crippen molar-refractivity contribution in [1.82, 2.24) is 15.1 Å². The van der Waals surface area contributed by atoms with Crippen molar-refractivity contribution in [2.75, 3.05) is 64.9 Å². The number of nitrogens with one attached hydrogen (secondary N) is 1. The van der Waals surface area contributed by atoms with Gasteiger partial charge in [-0.3, -0.25) is 14.5 Å².